The summed E-state index contributed by atoms with van der Waals surface area (Å²) in [5.41, 5.74) is 1.55. The first-order valence-electron chi connectivity index (χ1n) is 7.45. The number of unbranched alkanes of at least 4 members (excludes halogenated alkanes) is 2. The lowest BCUT2D eigenvalue weighted by Crippen LogP contribution is -2.00. The van der Waals surface area contributed by atoms with E-state index in [9.17, 15) is 4.79 Å². The van der Waals surface area contributed by atoms with E-state index in [2.05, 4.69) is 34.2 Å². The number of hydrogen-bond acceptors (Lipinski definition) is 5. The molecule has 2 rings (SSSR count). The number of benzene rings is 1. The third kappa shape index (κ3) is 5.33. The van der Waals surface area contributed by atoms with Crippen LogP contribution in [-0.2, 0) is 22.5 Å². The molecule has 0 unspecified atom stereocenters. The van der Waals surface area contributed by atoms with E-state index >= 15 is 0 Å². The molecule has 0 fully saturated rings. The van der Waals surface area contributed by atoms with Crippen molar-refractivity contribution < 1.29 is 18.8 Å². The molecule has 0 aliphatic carbocycles. The van der Waals surface area contributed by atoms with Crippen molar-refractivity contribution in [3.63, 3.8) is 0 Å². The molecule has 1 aromatic carbocycles. The molecular formula is C17H21NO4. The van der Waals surface area contributed by atoms with Crippen LogP contribution in [0.3, 0.4) is 0 Å². The van der Waals surface area contributed by atoms with Gasteiger partial charge in [-0.15, -0.1) is 0 Å². The Balaban J connectivity index is 1.54. The van der Waals surface area contributed by atoms with Crippen LogP contribution in [0.5, 0.6) is 0 Å². The summed E-state index contributed by atoms with van der Waals surface area (Å²) in [4.78, 5) is 11.2. The number of ether oxygens (including phenoxy) is 2. The molecule has 22 heavy (non-hydrogen) atoms. The van der Waals surface area contributed by atoms with Crippen LogP contribution in [0.2, 0.25) is 0 Å². The predicted octanol–water partition coefficient (Wildman–Crippen LogP) is 3.39. The van der Waals surface area contributed by atoms with Gasteiger partial charge in [0.25, 0.3) is 0 Å². The number of aromatic nitrogens is 1. The number of hydrogen-bond donors (Lipinski definition) is 0. The van der Waals surface area contributed by atoms with Crippen LogP contribution in [0.15, 0.2) is 40.9 Å². The molecule has 0 bridgehead atoms. The first-order valence-corrected chi connectivity index (χ1v) is 7.45. The lowest BCUT2D eigenvalue weighted by molar-refractivity contribution is 0.0588. The quantitative estimate of drug-likeness (QED) is 0.525. The fourth-order valence-corrected chi connectivity index (χ4v) is 2.11. The maximum Gasteiger partial charge on any atom is 0.360 e. The van der Waals surface area contributed by atoms with E-state index in [4.69, 9.17) is 9.26 Å². The van der Waals surface area contributed by atoms with Gasteiger partial charge in [0, 0.05) is 12.7 Å². The van der Waals surface area contributed by atoms with Crippen molar-refractivity contribution >= 4 is 5.97 Å². The van der Waals surface area contributed by atoms with Crippen LogP contribution in [0.4, 0.5) is 0 Å². The minimum Gasteiger partial charge on any atom is -0.464 e. The van der Waals surface area contributed by atoms with Crippen LogP contribution in [0.25, 0.3) is 0 Å². The second-order valence-electron chi connectivity index (χ2n) is 5.02. The van der Waals surface area contributed by atoms with E-state index in [-0.39, 0.29) is 5.69 Å². The van der Waals surface area contributed by atoms with Crippen molar-refractivity contribution in [2.24, 2.45) is 0 Å². The third-order valence-electron chi connectivity index (χ3n) is 3.29. The summed E-state index contributed by atoms with van der Waals surface area (Å²) in [6.45, 7) is 0.992. The Morgan fingerprint density at radius 3 is 2.77 bits per heavy atom. The topological polar surface area (TPSA) is 61.6 Å². The standard InChI is InChI=1S/C17H21NO4/c1-20-17(19)16-12-15(22-18-16)13-21-11-7-3-6-10-14-8-4-2-5-9-14/h2,4-5,8-9,12H,3,6-7,10-11,13H2,1H3. The molecule has 5 heteroatoms. The van der Waals surface area contributed by atoms with Gasteiger partial charge in [-0.25, -0.2) is 4.79 Å². The maximum absolute atomic E-state index is 11.2. The number of carbonyl (C=O) groups excluding carboxylic acids is 1. The average Bonchev–Trinajstić information content (AvgIpc) is 3.03. The van der Waals surface area contributed by atoms with Gasteiger partial charge in [0.2, 0.25) is 0 Å². The van der Waals surface area contributed by atoms with Gasteiger partial charge in [-0.1, -0.05) is 41.9 Å². The highest BCUT2D eigenvalue weighted by Gasteiger charge is 2.12. The van der Waals surface area contributed by atoms with Crippen LogP contribution >= 0.6 is 0 Å². The number of esters is 1. The van der Waals surface area contributed by atoms with E-state index in [1.165, 1.54) is 12.7 Å². The van der Waals surface area contributed by atoms with Gasteiger partial charge in [-0.3, -0.25) is 0 Å². The second-order valence-corrected chi connectivity index (χ2v) is 5.02. The summed E-state index contributed by atoms with van der Waals surface area (Å²) in [6.07, 6.45) is 4.39. The summed E-state index contributed by atoms with van der Waals surface area (Å²) in [5.74, 6) is 0.0283. The molecule has 1 aromatic heterocycles. The van der Waals surface area contributed by atoms with Gasteiger partial charge in [-0.2, -0.15) is 0 Å². The number of nitrogens with zero attached hydrogens (tertiary/aromatic N) is 1. The molecule has 1 heterocycles. The first kappa shape index (κ1) is 16.2. The summed E-state index contributed by atoms with van der Waals surface area (Å²) in [7, 11) is 1.31. The van der Waals surface area contributed by atoms with E-state index < -0.39 is 5.97 Å². The molecule has 5 nitrogen and oxygen atoms in total. The zero-order valence-corrected chi connectivity index (χ0v) is 12.8. The molecule has 0 amide bonds. The molecule has 0 N–H and O–H groups in total. The molecule has 0 atom stereocenters. The second kappa shape index (κ2) is 9.00. The van der Waals surface area contributed by atoms with Crippen LogP contribution in [-0.4, -0.2) is 24.8 Å². The Morgan fingerprint density at radius 2 is 2.00 bits per heavy atom. The fraction of sp³-hybridized carbons (Fsp3) is 0.412. The predicted molar refractivity (Wildman–Crippen MR) is 81.5 cm³/mol. The largest absolute Gasteiger partial charge is 0.464 e. The highest BCUT2D eigenvalue weighted by Crippen LogP contribution is 2.08. The molecule has 0 aliphatic rings. The lowest BCUT2D eigenvalue weighted by Gasteiger charge is -2.03. The Kier molecular flexibility index (Phi) is 6.64. The van der Waals surface area contributed by atoms with Crippen molar-refractivity contribution in [1.29, 1.82) is 0 Å². The van der Waals surface area contributed by atoms with Crippen molar-refractivity contribution in [3.8, 4) is 0 Å². The zero-order chi connectivity index (χ0) is 15.6. The van der Waals surface area contributed by atoms with Crippen molar-refractivity contribution in [2.75, 3.05) is 13.7 Å². The lowest BCUT2D eigenvalue weighted by atomic mass is 10.1. The van der Waals surface area contributed by atoms with E-state index in [0.29, 0.717) is 19.0 Å². The highest BCUT2D eigenvalue weighted by molar-refractivity contribution is 5.86. The van der Waals surface area contributed by atoms with Gasteiger partial charge in [0.05, 0.1) is 7.11 Å². The van der Waals surface area contributed by atoms with Gasteiger partial charge in [0.1, 0.15) is 6.61 Å². The number of rotatable bonds is 9. The van der Waals surface area contributed by atoms with Gasteiger partial charge < -0.3 is 14.0 Å². The highest BCUT2D eigenvalue weighted by atomic mass is 16.5. The first-order chi connectivity index (χ1) is 10.8. The molecule has 0 aliphatic heterocycles. The van der Waals surface area contributed by atoms with Crippen LogP contribution in [0, 0.1) is 0 Å². The molecular weight excluding hydrogens is 282 g/mol. The summed E-state index contributed by atoms with van der Waals surface area (Å²) >= 11 is 0. The van der Waals surface area contributed by atoms with Crippen molar-refractivity contribution in [1.82, 2.24) is 5.16 Å². The normalized spacial score (nSPS) is 10.6. The molecule has 0 saturated carbocycles. The molecule has 118 valence electrons. The smallest absolute Gasteiger partial charge is 0.360 e. The molecule has 0 spiro atoms. The average molecular weight is 303 g/mol. The van der Waals surface area contributed by atoms with E-state index in [1.54, 1.807) is 6.07 Å². The van der Waals surface area contributed by atoms with Crippen LogP contribution in [0.1, 0.15) is 41.1 Å². The van der Waals surface area contributed by atoms with Crippen molar-refractivity contribution in [2.45, 2.75) is 32.3 Å². The van der Waals surface area contributed by atoms with Gasteiger partial charge in [-0.05, 0) is 24.8 Å². The zero-order valence-electron chi connectivity index (χ0n) is 12.8. The summed E-state index contributed by atoms with van der Waals surface area (Å²) in [5, 5.41) is 3.62. The van der Waals surface area contributed by atoms with E-state index in [1.807, 2.05) is 6.07 Å². The van der Waals surface area contributed by atoms with E-state index in [0.717, 1.165) is 25.7 Å². The number of methoxy groups -OCH3 is 1. The Hall–Kier alpha value is -2.14. The SMILES string of the molecule is COC(=O)c1cc(COCCCCCc2ccccc2)on1. The summed E-state index contributed by atoms with van der Waals surface area (Å²) < 4.78 is 15.1. The van der Waals surface area contributed by atoms with Crippen molar-refractivity contribution in [3.05, 3.63) is 53.4 Å². The minimum atomic E-state index is -0.504. The Morgan fingerprint density at radius 1 is 1.18 bits per heavy atom. The maximum atomic E-state index is 11.2. The minimum absolute atomic E-state index is 0.170. The number of carbonyl (C=O) groups is 1. The molecule has 2 aromatic rings. The molecule has 0 radical (unpaired) electrons. The monoisotopic (exact) mass is 303 g/mol. The van der Waals surface area contributed by atoms with Gasteiger partial charge >= 0.3 is 5.97 Å². The molecule has 0 saturated heterocycles. The Labute approximate surface area is 130 Å². The third-order valence-corrected chi connectivity index (χ3v) is 3.29. The summed E-state index contributed by atoms with van der Waals surface area (Å²) in [6, 6.07) is 12.0. The Bertz CT molecular complexity index is 565. The fourth-order valence-electron chi connectivity index (χ4n) is 2.11. The van der Waals surface area contributed by atoms with Gasteiger partial charge in [0.15, 0.2) is 11.5 Å². The van der Waals surface area contributed by atoms with Crippen LogP contribution < -0.4 is 0 Å². The number of aryl methyl sites for hydroxylation is 1.